The van der Waals surface area contributed by atoms with Crippen LogP contribution in [0.15, 0.2) is 22.9 Å². The van der Waals surface area contributed by atoms with E-state index in [9.17, 15) is 0 Å². The number of pyridine rings is 1. The number of hydrogen-bond acceptors (Lipinski definition) is 5. The van der Waals surface area contributed by atoms with Gasteiger partial charge in [-0.3, -0.25) is 0 Å². The molecule has 5 heteroatoms. The van der Waals surface area contributed by atoms with E-state index < -0.39 is 0 Å². The van der Waals surface area contributed by atoms with Crippen molar-refractivity contribution in [2.24, 2.45) is 0 Å². The Hall–Kier alpha value is -1.91. The fourth-order valence-electron chi connectivity index (χ4n) is 1.27. The van der Waals surface area contributed by atoms with Crippen LogP contribution in [0.4, 0.5) is 5.69 Å². The first-order chi connectivity index (χ1) is 7.31. The second-order valence-electron chi connectivity index (χ2n) is 3.21. The van der Waals surface area contributed by atoms with Crippen molar-refractivity contribution in [2.75, 3.05) is 5.73 Å². The molecular weight excluding hydrogens is 192 g/mol. The van der Waals surface area contributed by atoms with Gasteiger partial charge >= 0.3 is 0 Å². The van der Waals surface area contributed by atoms with Gasteiger partial charge in [0.1, 0.15) is 0 Å². The first-order valence-corrected chi connectivity index (χ1v) is 4.84. The zero-order chi connectivity index (χ0) is 10.7. The van der Waals surface area contributed by atoms with E-state index in [1.165, 1.54) is 0 Å². The van der Waals surface area contributed by atoms with Crippen molar-refractivity contribution < 1.29 is 4.52 Å². The van der Waals surface area contributed by atoms with Gasteiger partial charge in [0.25, 0.3) is 5.89 Å². The first kappa shape index (κ1) is 9.64. The molecule has 0 aliphatic rings. The summed E-state index contributed by atoms with van der Waals surface area (Å²) in [5, 5.41) is 3.84. The summed E-state index contributed by atoms with van der Waals surface area (Å²) >= 11 is 0. The van der Waals surface area contributed by atoms with E-state index in [0.717, 1.165) is 12.8 Å². The lowest BCUT2D eigenvalue weighted by molar-refractivity contribution is 0.421. The highest BCUT2D eigenvalue weighted by molar-refractivity contribution is 5.65. The molecule has 15 heavy (non-hydrogen) atoms. The highest BCUT2D eigenvalue weighted by Gasteiger charge is 2.11. The Balaban J connectivity index is 2.33. The van der Waals surface area contributed by atoms with Gasteiger partial charge in [0.05, 0.1) is 5.69 Å². The maximum absolute atomic E-state index is 5.75. The van der Waals surface area contributed by atoms with E-state index in [4.69, 9.17) is 10.3 Å². The number of nitrogens with two attached hydrogens (primary N) is 1. The fraction of sp³-hybridized carbons (Fsp3) is 0.300. The van der Waals surface area contributed by atoms with Crippen molar-refractivity contribution in [1.82, 2.24) is 15.1 Å². The maximum Gasteiger partial charge on any atom is 0.278 e. The number of aryl methyl sites for hydroxylation is 1. The number of rotatable bonds is 3. The normalized spacial score (nSPS) is 10.5. The van der Waals surface area contributed by atoms with Crippen LogP contribution in [0.5, 0.6) is 0 Å². The second kappa shape index (κ2) is 4.08. The van der Waals surface area contributed by atoms with Crippen LogP contribution >= 0.6 is 0 Å². The minimum atomic E-state index is 0.386. The Morgan fingerprint density at radius 3 is 3.07 bits per heavy atom. The molecule has 2 N–H and O–H groups in total. The van der Waals surface area contributed by atoms with Gasteiger partial charge in [-0.15, -0.1) is 0 Å². The number of aromatic nitrogens is 3. The van der Waals surface area contributed by atoms with Gasteiger partial charge < -0.3 is 10.3 Å². The first-order valence-electron chi connectivity index (χ1n) is 4.84. The summed E-state index contributed by atoms with van der Waals surface area (Å²) in [7, 11) is 0. The summed E-state index contributed by atoms with van der Waals surface area (Å²) in [6.45, 7) is 2.06. The summed E-state index contributed by atoms with van der Waals surface area (Å²) in [5.74, 6) is 1.08. The Labute approximate surface area is 87.3 Å². The highest BCUT2D eigenvalue weighted by atomic mass is 16.5. The Morgan fingerprint density at radius 1 is 1.47 bits per heavy atom. The molecule has 0 saturated carbocycles. The van der Waals surface area contributed by atoms with Crippen molar-refractivity contribution in [3.63, 3.8) is 0 Å². The molecule has 0 saturated heterocycles. The molecule has 0 bridgehead atoms. The van der Waals surface area contributed by atoms with Crippen LogP contribution in [0.25, 0.3) is 11.6 Å². The van der Waals surface area contributed by atoms with Gasteiger partial charge in [0, 0.05) is 12.6 Å². The number of nitrogens with zero attached hydrogens (tertiary/aromatic N) is 3. The van der Waals surface area contributed by atoms with Gasteiger partial charge in [-0.25, -0.2) is 4.98 Å². The molecule has 5 nitrogen and oxygen atoms in total. The third-order valence-electron chi connectivity index (χ3n) is 1.98. The Kier molecular flexibility index (Phi) is 2.62. The minimum Gasteiger partial charge on any atom is -0.397 e. The monoisotopic (exact) mass is 204 g/mol. The predicted octanol–water partition coefficient (Wildman–Crippen LogP) is 1.67. The molecule has 0 radical (unpaired) electrons. The lowest BCUT2D eigenvalue weighted by Gasteiger charge is -1.96. The fourth-order valence-corrected chi connectivity index (χ4v) is 1.27. The standard InChI is InChI=1S/C10H12N4O/c1-2-4-8-13-10(15-14-8)9-7(11)5-3-6-12-9/h3,5-6H,2,4,11H2,1H3. The van der Waals surface area contributed by atoms with Crippen molar-refractivity contribution in [3.05, 3.63) is 24.2 Å². The van der Waals surface area contributed by atoms with Crippen LogP contribution in [0, 0.1) is 0 Å². The zero-order valence-electron chi connectivity index (χ0n) is 8.47. The molecule has 0 fully saturated rings. The summed E-state index contributed by atoms with van der Waals surface area (Å²) in [4.78, 5) is 8.31. The molecule has 0 amide bonds. The van der Waals surface area contributed by atoms with Crippen LogP contribution in [0.3, 0.4) is 0 Å². The molecule has 0 atom stereocenters. The van der Waals surface area contributed by atoms with Gasteiger partial charge in [-0.1, -0.05) is 12.1 Å². The van der Waals surface area contributed by atoms with Crippen molar-refractivity contribution in [2.45, 2.75) is 19.8 Å². The Bertz CT molecular complexity index is 452. The molecule has 0 aliphatic carbocycles. The van der Waals surface area contributed by atoms with Gasteiger partial charge in [-0.05, 0) is 18.6 Å². The van der Waals surface area contributed by atoms with E-state index >= 15 is 0 Å². The molecule has 2 rings (SSSR count). The largest absolute Gasteiger partial charge is 0.397 e. The maximum atomic E-state index is 5.75. The lowest BCUT2D eigenvalue weighted by atomic mass is 10.3. The summed E-state index contributed by atoms with van der Waals surface area (Å²) in [6, 6.07) is 3.52. The molecule has 2 aromatic heterocycles. The Morgan fingerprint density at radius 2 is 2.33 bits per heavy atom. The van der Waals surface area contributed by atoms with Crippen LogP contribution in [0.1, 0.15) is 19.2 Å². The molecule has 0 unspecified atom stereocenters. The number of hydrogen-bond donors (Lipinski definition) is 1. The van der Waals surface area contributed by atoms with Gasteiger partial charge in [-0.2, -0.15) is 4.98 Å². The van der Waals surface area contributed by atoms with E-state index in [1.807, 2.05) is 0 Å². The van der Waals surface area contributed by atoms with Crippen molar-refractivity contribution in [1.29, 1.82) is 0 Å². The SMILES string of the molecule is CCCc1noc(-c2ncccc2N)n1. The van der Waals surface area contributed by atoms with Crippen molar-refractivity contribution >= 4 is 5.69 Å². The third-order valence-corrected chi connectivity index (χ3v) is 1.98. The summed E-state index contributed by atoms with van der Waals surface area (Å²) < 4.78 is 5.08. The highest BCUT2D eigenvalue weighted by Crippen LogP contribution is 2.20. The zero-order valence-corrected chi connectivity index (χ0v) is 8.47. The summed E-state index contributed by atoms with van der Waals surface area (Å²) in [5.41, 5.74) is 6.84. The molecule has 2 heterocycles. The topological polar surface area (TPSA) is 77.8 Å². The number of anilines is 1. The quantitative estimate of drug-likeness (QED) is 0.822. The van der Waals surface area contributed by atoms with E-state index in [-0.39, 0.29) is 0 Å². The van der Waals surface area contributed by atoms with E-state index in [1.54, 1.807) is 18.3 Å². The van der Waals surface area contributed by atoms with Crippen molar-refractivity contribution in [3.8, 4) is 11.6 Å². The molecule has 2 aromatic rings. The van der Waals surface area contributed by atoms with Crippen LogP contribution in [0.2, 0.25) is 0 Å². The smallest absolute Gasteiger partial charge is 0.278 e. The average Bonchev–Trinajstić information content (AvgIpc) is 2.68. The second-order valence-corrected chi connectivity index (χ2v) is 3.21. The summed E-state index contributed by atoms with van der Waals surface area (Å²) in [6.07, 6.45) is 3.43. The van der Waals surface area contributed by atoms with Crippen LogP contribution in [-0.2, 0) is 6.42 Å². The molecule has 0 aromatic carbocycles. The molecular formula is C10H12N4O. The van der Waals surface area contributed by atoms with Crippen LogP contribution < -0.4 is 5.73 Å². The van der Waals surface area contributed by atoms with E-state index in [2.05, 4.69) is 22.0 Å². The van der Waals surface area contributed by atoms with E-state index in [0.29, 0.717) is 23.1 Å². The molecule has 0 spiro atoms. The number of nitrogen functional groups attached to an aromatic ring is 1. The van der Waals surface area contributed by atoms with Crippen LogP contribution in [-0.4, -0.2) is 15.1 Å². The predicted molar refractivity (Wildman–Crippen MR) is 55.9 cm³/mol. The average molecular weight is 204 g/mol. The minimum absolute atomic E-state index is 0.386. The van der Waals surface area contributed by atoms with Gasteiger partial charge in [0.15, 0.2) is 11.5 Å². The lowest BCUT2D eigenvalue weighted by Crippen LogP contribution is -1.93. The third kappa shape index (κ3) is 1.96. The van der Waals surface area contributed by atoms with Gasteiger partial charge in [0.2, 0.25) is 0 Å². The molecule has 78 valence electrons. The molecule has 0 aliphatic heterocycles.